The Morgan fingerprint density at radius 1 is 1.44 bits per heavy atom. The number of aryl methyl sites for hydroxylation is 2. The fourth-order valence-corrected chi connectivity index (χ4v) is 2.43. The summed E-state index contributed by atoms with van der Waals surface area (Å²) in [6, 6.07) is 5.65. The summed E-state index contributed by atoms with van der Waals surface area (Å²) in [6.45, 7) is 4.55. The molecule has 2 rings (SSSR count). The normalized spacial score (nSPS) is 10.3. The van der Waals surface area contributed by atoms with Crippen LogP contribution in [0.1, 0.15) is 15.3 Å². The summed E-state index contributed by atoms with van der Waals surface area (Å²) in [5.41, 5.74) is 0.794. The van der Waals surface area contributed by atoms with Gasteiger partial charge in [0.05, 0.1) is 11.5 Å². The summed E-state index contributed by atoms with van der Waals surface area (Å²) in [5, 5.41) is 13.8. The highest BCUT2D eigenvalue weighted by Crippen LogP contribution is 2.20. The van der Waals surface area contributed by atoms with E-state index in [0.717, 1.165) is 5.56 Å². The average molecular weight is 263 g/mol. The van der Waals surface area contributed by atoms with Crippen molar-refractivity contribution in [2.45, 2.75) is 20.4 Å². The van der Waals surface area contributed by atoms with Crippen molar-refractivity contribution in [1.29, 1.82) is 0 Å². The molecule has 0 aromatic carbocycles. The standard InChI is InChI=1S/C12H13N3O2S/c1-8-5-10(15(16)17)6-13-12(8)14-7-11-4-3-9(2)18-11/h3-6H,7H2,1-2H3,(H,13,14). The largest absolute Gasteiger partial charge is 0.365 e. The molecule has 0 unspecified atom stereocenters. The Hall–Kier alpha value is -1.95. The van der Waals surface area contributed by atoms with Crippen molar-refractivity contribution in [3.05, 3.63) is 49.8 Å². The zero-order valence-corrected chi connectivity index (χ0v) is 11.0. The quantitative estimate of drug-likeness (QED) is 0.679. The lowest BCUT2D eigenvalue weighted by atomic mass is 10.2. The second kappa shape index (κ2) is 5.14. The van der Waals surface area contributed by atoms with Gasteiger partial charge in [0.2, 0.25) is 0 Å². The Balaban J connectivity index is 2.08. The summed E-state index contributed by atoms with van der Waals surface area (Å²) < 4.78 is 0. The third-order valence-electron chi connectivity index (χ3n) is 2.50. The highest BCUT2D eigenvalue weighted by molar-refractivity contribution is 7.11. The smallest absolute Gasteiger partial charge is 0.287 e. The van der Waals surface area contributed by atoms with E-state index < -0.39 is 4.92 Å². The van der Waals surface area contributed by atoms with Gasteiger partial charge in [-0.05, 0) is 31.5 Å². The third kappa shape index (κ3) is 2.84. The molecule has 94 valence electrons. The zero-order chi connectivity index (χ0) is 13.1. The molecular formula is C12H13N3O2S. The first-order valence-electron chi connectivity index (χ1n) is 5.46. The van der Waals surface area contributed by atoms with Gasteiger partial charge >= 0.3 is 0 Å². The molecule has 0 aliphatic rings. The number of aromatic nitrogens is 1. The van der Waals surface area contributed by atoms with Crippen LogP contribution in [0.5, 0.6) is 0 Å². The highest BCUT2D eigenvalue weighted by Gasteiger charge is 2.09. The van der Waals surface area contributed by atoms with Crippen LogP contribution in [0.4, 0.5) is 11.5 Å². The molecule has 0 bridgehead atoms. The first kappa shape index (κ1) is 12.5. The monoisotopic (exact) mass is 263 g/mol. The topological polar surface area (TPSA) is 68.1 Å². The first-order valence-corrected chi connectivity index (χ1v) is 6.28. The molecule has 0 aliphatic heterocycles. The number of nitrogens with zero attached hydrogens (tertiary/aromatic N) is 2. The predicted octanol–water partition coefficient (Wildman–Crippen LogP) is 3.28. The van der Waals surface area contributed by atoms with Crippen molar-refractivity contribution in [3.63, 3.8) is 0 Å². The number of rotatable bonds is 4. The predicted molar refractivity (Wildman–Crippen MR) is 72.0 cm³/mol. The van der Waals surface area contributed by atoms with Crippen LogP contribution in [0.25, 0.3) is 0 Å². The fraction of sp³-hybridized carbons (Fsp3) is 0.250. The van der Waals surface area contributed by atoms with Crippen LogP contribution in [-0.2, 0) is 6.54 Å². The van der Waals surface area contributed by atoms with E-state index in [1.165, 1.54) is 22.0 Å². The molecule has 2 aromatic heterocycles. The van der Waals surface area contributed by atoms with Crippen molar-refractivity contribution < 1.29 is 4.92 Å². The lowest BCUT2D eigenvalue weighted by Gasteiger charge is -2.06. The Morgan fingerprint density at radius 2 is 2.22 bits per heavy atom. The van der Waals surface area contributed by atoms with Gasteiger partial charge in [-0.25, -0.2) is 4.98 Å². The van der Waals surface area contributed by atoms with Gasteiger partial charge in [0.1, 0.15) is 12.0 Å². The van der Waals surface area contributed by atoms with Gasteiger partial charge in [-0.3, -0.25) is 10.1 Å². The summed E-state index contributed by atoms with van der Waals surface area (Å²) in [6.07, 6.45) is 1.27. The molecule has 18 heavy (non-hydrogen) atoms. The Labute approximate surface area is 109 Å². The number of nitrogens with one attached hydrogen (secondary N) is 1. The van der Waals surface area contributed by atoms with Crippen molar-refractivity contribution in [1.82, 2.24) is 4.98 Å². The van der Waals surface area contributed by atoms with E-state index >= 15 is 0 Å². The highest BCUT2D eigenvalue weighted by atomic mass is 32.1. The first-order chi connectivity index (χ1) is 8.56. The molecule has 0 saturated heterocycles. The van der Waals surface area contributed by atoms with Gasteiger partial charge < -0.3 is 5.32 Å². The minimum absolute atomic E-state index is 0.0185. The van der Waals surface area contributed by atoms with Gasteiger partial charge in [0.15, 0.2) is 0 Å². The summed E-state index contributed by atoms with van der Waals surface area (Å²) in [5.74, 6) is 0.687. The summed E-state index contributed by atoms with van der Waals surface area (Å²) in [7, 11) is 0. The molecule has 0 fully saturated rings. The molecule has 6 heteroatoms. The van der Waals surface area contributed by atoms with Gasteiger partial charge in [-0.1, -0.05) is 0 Å². The molecule has 2 heterocycles. The van der Waals surface area contributed by atoms with E-state index in [1.54, 1.807) is 11.3 Å². The van der Waals surface area contributed by atoms with Gasteiger partial charge in [0.25, 0.3) is 5.69 Å². The van der Waals surface area contributed by atoms with Crippen molar-refractivity contribution >= 4 is 22.8 Å². The number of hydrogen-bond donors (Lipinski definition) is 1. The molecule has 0 atom stereocenters. The number of anilines is 1. The maximum Gasteiger partial charge on any atom is 0.287 e. The second-order valence-electron chi connectivity index (χ2n) is 3.98. The van der Waals surface area contributed by atoms with Crippen LogP contribution in [-0.4, -0.2) is 9.91 Å². The minimum atomic E-state index is -0.438. The van der Waals surface area contributed by atoms with Crippen LogP contribution < -0.4 is 5.32 Å². The molecule has 5 nitrogen and oxygen atoms in total. The van der Waals surface area contributed by atoms with Gasteiger partial charge in [0, 0.05) is 15.8 Å². The average Bonchev–Trinajstić information content (AvgIpc) is 2.73. The number of pyridine rings is 1. The van der Waals surface area contributed by atoms with E-state index in [1.807, 2.05) is 6.92 Å². The SMILES string of the molecule is Cc1ccc(CNc2ncc([N+](=O)[O-])cc2C)s1. The van der Waals surface area contributed by atoms with E-state index in [0.29, 0.717) is 12.4 Å². The van der Waals surface area contributed by atoms with E-state index in [-0.39, 0.29) is 5.69 Å². The van der Waals surface area contributed by atoms with Crippen LogP contribution in [0, 0.1) is 24.0 Å². The molecule has 2 aromatic rings. The van der Waals surface area contributed by atoms with Crippen molar-refractivity contribution in [2.24, 2.45) is 0 Å². The van der Waals surface area contributed by atoms with Crippen LogP contribution in [0.2, 0.25) is 0 Å². The molecule has 0 radical (unpaired) electrons. The number of hydrogen-bond acceptors (Lipinski definition) is 5. The number of thiophene rings is 1. The van der Waals surface area contributed by atoms with Crippen molar-refractivity contribution in [2.75, 3.05) is 5.32 Å². The third-order valence-corrected chi connectivity index (χ3v) is 3.50. The molecule has 0 spiro atoms. The maximum atomic E-state index is 10.6. The van der Waals surface area contributed by atoms with Gasteiger partial charge in [-0.15, -0.1) is 11.3 Å². The fourth-order valence-electron chi connectivity index (χ4n) is 1.60. The van der Waals surface area contributed by atoms with Crippen LogP contribution in [0.3, 0.4) is 0 Å². The van der Waals surface area contributed by atoms with Crippen molar-refractivity contribution in [3.8, 4) is 0 Å². The van der Waals surface area contributed by atoms with E-state index in [2.05, 4.69) is 29.4 Å². The van der Waals surface area contributed by atoms with Crippen LogP contribution >= 0.6 is 11.3 Å². The summed E-state index contributed by atoms with van der Waals surface area (Å²) >= 11 is 1.72. The lowest BCUT2D eigenvalue weighted by Crippen LogP contribution is -2.02. The number of nitro groups is 1. The summed E-state index contributed by atoms with van der Waals surface area (Å²) in [4.78, 5) is 16.7. The Kier molecular flexibility index (Phi) is 3.57. The van der Waals surface area contributed by atoms with E-state index in [4.69, 9.17) is 0 Å². The van der Waals surface area contributed by atoms with E-state index in [9.17, 15) is 10.1 Å². The molecule has 0 amide bonds. The minimum Gasteiger partial charge on any atom is -0.365 e. The molecule has 0 saturated carbocycles. The molecule has 1 N–H and O–H groups in total. The Morgan fingerprint density at radius 3 is 2.78 bits per heavy atom. The second-order valence-corrected chi connectivity index (χ2v) is 5.35. The molecular weight excluding hydrogens is 250 g/mol. The maximum absolute atomic E-state index is 10.6. The zero-order valence-electron chi connectivity index (χ0n) is 10.1. The molecule has 0 aliphatic carbocycles. The Bertz CT molecular complexity index is 580. The van der Waals surface area contributed by atoms with Gasteiger partial charge in [-0.2, -0.15) is 0 Å². The lowest BCUT2D eigenvalue weighted by molar-refractivity contribution is -0.385. The van der Waals surface area contributed by atoms with Crippen LogP contribution in [0.15, 0.2) is 24.4 Å².